The number of carboxylic acid groups (broad SMARTS) is 1. The summed E-state index contributed by atoms with van der Waals surface area (Å²) < 4.78 is 4.99. The van der Waals surface area contributed by atoms with Crippen LogP contribution in [0.25, 0.3) is 0 Å². The minimum Gasteiger partial charge on any atom is -0.481 e. The Balaban J connectivity index is 4.96. The van der Waals surface area contributed by atoms with Gasteiger partial charge in [-0.2, -0.15) is 0 Å². The van der Waals surface area contributed by atoms with Gasteiger partial charge in [0.2, 0.25) is 5.78 Å². The lowest BCUT2D eigenvalue weighted by atomic mass is 9.61. The van der Waals surface area contributed by atoms with Crippen LogP contribution in [0.1, 0.15) is 54.4 Å². The first-order valence-corrected chi connectivity index (χ1v) is 6.85. The summed E-state index contributed by atoms with van der Waals surface area (Å²) in [5, 5.41) is 9.03. The van der Waals surface area contributed by atoms with Gasteiger partial charge in [0.1, 0.15) is 0 Å². The molecule has 0 spiro atoms. The van der Waals surface area contributed by atoms with Crippen molar-refractivity contribution in [2.75, 3.05) is 6.61 Å². The molecule has 0 amide bonds. The molecule has 0 fully saturated rings. The van der Waals surface area contributed by atoms with E-state index in [1.807, 2.05) is 34.6 Å². The minimum absolute atomic E-state index is 0.0544. The quantitative estimate of drug-likeness (QED) is 0.575. The number of carbonyl (C=O) groups is 3. The lowest BCUT2D eigenvalue weighted by Crippen LogP contribution is -2.41. The Kier molecular flexibility index (Phi) is 6.38. The fourth-order valence-electron chi connectivity index (χ4n) is 1.75. The lowest BCUT2D eigenvalue weighted by molar-refractivity contribution is -0.158. The first-order chi connectivity index (χ1) is 8.93. The van der Waals surface area contributed by atoms with Gasteiger partial charge in [0.15, 0.2) is 0 Å². The predicted molar refractivity (Wildman–Crippen MR) is 75.2 cm³/mol. The van der Waals surface area contributed by atoms with Crippen molar-refractivity contribution in [3.8, 4) is 0 Å². The van der Waals surface area contributed by atoms with Crippen LogP contribution >= 0.6 is 0 Å². The molecule has 1 N–H and O–H groups in total. The molecular formula is C15H26O5. The van der Waals surface area contributed by atoms with Gasteiger partial charge in [-0.15, -0.1) is 0 Å². The molecule has 0 aromatic carbocycles. The molecule has 0 radical (unpaired) electrons. The summed E-state index contributed by atoms with van der Waals surface area (Å²) in [5.41, 5.74) is -0.519. The van der Waals surface area contributed by atoms with Gasteiger partial charge in [0.25, 0.3) is 0 Å². The number of ether oxygens (including phenoxy) is 1. The van der Waals surface area contributed by atoms with Crippen molar-refractivity contribution in [3.05, 3.63) is 0 Å². The molecule has 0 saturated carbocycles. The van der Waals surface area contributed by atoms with E-state index in [1.165, 1.54) is 0 Å². The Morgan fingerprint density at radius 3 is 1.95 bits per heavy atom. The molecule has 0 bridgehead atoms. The molecule has 1 unspecified atom stereocenters. The maximum Gasteiger partial charge on any atom is 0.374 e. The fourth-order valence-corrected chi connectivity index (χ4v) is 1.75. The van der Waals surface area contributed by atoms with Crippen molar-refractivity contribution < 1.29 is 24.2 Å². The van der Waals surface area contributed by atoms with E-state index in [-0.39, 0.29) is 36.2 Å². The molecule has 0 saturated heterocycles. The van der Waals surface area contributed by atoms with E-state index < -0.39 is 17.7 Å². The van der Waals surface area contributed by atoms with Crippen LogP contribution in [0.4, 0.5) is 0 Å². The molecule has 0 aromatic heterocycles. The van der Waals surface area contributed by atoms with E-state index in [1.54, 1.807) is 6.92 Å². The Morgan fingerprint density at radius 1 is 1.10 bits per heavy atom. The van der Waals surface area contributed by atoms with Crippen LogP contribution in [0.3, 0.4) is 0 Å². The van der Waals surface area contributed by atoms with Crippen molar-refractivity contribution in [2.45, 2.75) is 54.4 Å². The maximum atomic E-state index is 11.4. The van der Waals surface area contributed by atoms with Gasteiger partial charge >= 0.3 is 11.9 Å². The molecule has 0 aliphatic carbocycles. The zero-order chi connectivity index (χ0) is 16.1. The van der Waals surface area contributed by atoms with Crippen molar-refractivity contribution >= 4 is 17.7 Å². The van der Waals surface area contributed by atoms with Crippen LogP contribution in [-0.2, 0) is 19.1 Å². The second-order valence-corrected chi connectivity index (χ2v) is 6.64. The molecule has 116 valence electrons. The molecule has 0 aromatic rings. The molecule has 1 atom stereocenters. The number of ketones is 1. The monoisotopic (exact) mass is 286 g/mol. The summed E-state index contributed by atoms with van der Waals surface area (Å²) in [6.45, 7) is 11.5. The fraction of sp³-hybridized carbons (Fsp3) is 0.800. The van der Waals surface area contributed by atoms with Gasteiger partial charge in [-0.05, 0) is 10.8 Å². The van der Waals surface area contributed by atoms with E-state index >= 15 is 0 Å². The number of Topliss-reactive ketones (excluding diaryl/α,β-unsaturated/α-hetero) is 1. The highest BCUT2D eigenvalue weighted by Crippen LogP contribution is 2.45. The second-order valence-electron chi connectivity index (χ2n) is 6.64. The van der Waals surface area contributed by atoms with Crippen molar-refractivity contribution in [1.82, 2.24) is 0 Å². The lowest BCUT2D eigenvalue weighted by Gasteiger charge is -2.44. The predicted octanol–water partition coefficient (Wildman–Crippen LogP) is 2.67. The highest BCUT2D eigenvalue weighted by atomic mass is 16.5. The van der Waals surface area contributed by atoms with Gasteiger partial charge in [-0.3, -0.25) is 9.59 Å². The standard InChI is InChI=1S/C15H26O5/c1-7-11(16)13(19)20-9-10(8-12(17)18)15(5,6)14(2,3)4/h10H,7-9H2,1-6H3,(H,17,18). The normalized spacial score (nSPS) is 13.7. The average Bonchev–Trinajstić information content (AvgIpc) is 2.30. The van der Waals surface area contributed by atoms with Gasteiger partial charge in [-0.25, -0.2) is 4.79 Å². The van der Waals surface area contributed by atoms with Crippen LogP contribution < -0.4 is 0 Å². The molecular weight excluding hydrogens is 260 g/mol. The highest BCUT2D eigenvalue weighted by Gasteiger charge is 2.41. The molecule has 5 nitrogen and oxygen atoms in total. The zero-order valence-electron chi connectivity index (χ0n) is 13.3. The summed E-state index contributed by atoms with van der Waals surface area (Å²) in [7, 11) is 0. The largest absolute Gasteiger partial charge is 0.481 e. The Morgan fingerprint density at radius 2 is 1.60 bits per heavy atom. The van der Waals surface area contributed by atoms with Crippen LogP contribution in [-0.4, -0.2) is 29.4 Å². The van der Waals surface area contributed by atoms with E-state index in [0.717, 1.165) is 0 Å². The zero-order valence-corrected chi connectivity index (χ0v) is 13.3. The molecule has 0 aliphatic heterocycles. The first kappa shape index (κ1) is 18.6. The van der Waals surface area contributed by atoms with E-state index in [2.05, 4.69) is 0 Å². The van der Waals surface area contributed by atoms with Crippen LogP contribution in [0.15, 0.2) is 0 Å². The van der Waals surface area contributed by atoms with Gasteiger partial charge in [0.05, 0.1) is 13.0 Å². The number of esters is 1. The summed E-state index contributed by atoms with van der Waals surface area (Å²) in [5.74, 6) is -2.76. The van der Waals surface area contributed by atoms with E-state index in [4.69, 9.17) is 9.84 Å². The number of hydrogen-bond acceptors (Lipinski definition) is 4. The molecule has 20 heavy (non-hydrogen) atoms. The first-order valence-electron chi connectivity index (χ1n) is 6.85. The van der Waals surface area contributed by atoms with Crippen molar-refractivity contribution in [3.63, 3.8) is 0 Å². The number of hydrogen-bond donors (Lipinski definition) is 1. The van der Waals surface area contributed by atoms with Gasteiger partial charge < -0.3 is 9.84 Å². The third kappa shape index (κ3) is 4.94. The molecule has 0 heterocycles. The van der Waals surface area contributed by atoms with Crippen molar-refractivity contribution in [1.29, 1.82) is 0 Å². The number of carboxylic acids is 1. The minimum atomic E-state index is -0.940. The Bertz CT molecular complexity index is 376. The highest BCUT2D eigenvalue weighted by molar-refractivity contribution is 6.33. The SMILES string of the molecule is CCC(=O)C(=O)OCC(CC(=O)O)C(C)(C)C(C)(C)C. The topological polar surface area (TPSA) is 80.7 Å². The third-order valence-electron chi connectivity index (χ3n) is 4.34. The number of carbonyl (C=O) groups excluding carboxylic acids is 2. The smallest absolute Gasteiger partial charge is 0.374 e. The van der Waals surface area contributed by atoms with E-state index in [0.29, 0.717) is 0 Å². The third-order valence-corrected chi connectivity index (χ3v) is 4.34. The summed E-state index contributed by atoms with van der Waals surface area (Å²) in [6.07, 6.45) is -0.0110. The second kappa shape index (κ2) is 6.86. The maximum absolute atomic E-state index is 11.4. The Labute approximate surface area is 120 Å². The summed E-state index contributed by atoms with van der Waals surface area (Å²) in [6, 6.07) is 0. The molecule has 0 rings (SSSR count). The molecule has 5 heteroatoms. The van der Waals surface area contributed by atoms with Gasteiger partial charge in [0, 0.05) is 12.3 Å². The summed E-state index contributed by atoms with van der Waals surface area (Å²) >= 11 is 0. The van der Waals surface area contributed by atoms with Crippen LogP contribution in [0.5, 0.6) is 0 Å². The van der Waals surface area contributed by atoms with Crippen LogP contribution in [0.2, 0.25) is 0 Å². The van der Waals surface area contributed by atoms with Gasteiger partial charge in [-0.1, -0.05) is 41.5 Å². The van der Waals surface area contributed by atoms with Crippen LogP contribution in [0, 0.1) is 16.7 Å². The van der Waals surface area contributed by atoms with E-state index in [9.17, 15) is 14.4 Å². The van der Waals surface area contributed by atoms with Crippen molar-refractivity contribution in [2.24, 2.45) is 16.7 Å². The summed E-state index contributed by atoms with van der Waals surface area (Å²) in [4.78, 5) is 33.6. The molecule has 0 aliphatic rings. The number of aliphatic carboxylic acids is 1. The number of rotatable bonds is 7. The Hall–Kier alpha value is -1.39. The average molecular weight is 286 g/mol.